The van der Waals surface area contributed by atoms with Gasteiger partial charge in [-0.25, -0.2) is 8.42 Å². The average molecular weight is 504 g/mol. The molecule has 0 aliphatic heterocycles. The minimum absolute atomic E-state index is 0.0533. The minimum Gasteiger partial charge on any atom is -0.482 e. The van der Waals surface area contributed by atoms with E-state index in [9.17, 15) is 13.2 Å². The number of benzene rings is 2. The SMILES string of the molecule is CCN(CC)S(=O)(=O)c1cc(Cl)ccc1OCC(=O)N[C@@H](C)c1ccc(Br)cc1. The Labute approximate surface area is 185 Å². The molecule has 1 atom stereocenters. The van der Waals surface area contributed by atoms with Crippen LogP contribution in [0.15, 0.2) is 51.8 Å². The summed E-state index contributed by atoms with van der Waals surface area (Å²) in [5.74, 6) is -0.269. The number of carbonyl (C=O) groups excluding carboxylic acids is 1. The number of hydrogen-bond acceptors (Lipinski definition) is 4. The summed E-state index contributed by atoms with van der Waals surface area (Å²) in [7, 11) is -3.78. The molecule has 0 bridgehead atoms. The molecule has 0 spiro atoms. The third-order valence-corrected chi connectivity index (χ3v) is 7.17. The summed E-state index contributed by atoms with van der Waals surface area (Å²) in [5.41, 5.74) is 0.942. The van der Waals surface area contributed by atoms with Gasteiger partial charge in [-0.05, 0) is 42.8 Å². The van der Waals surface area contributed by atoms with Crippen molar-refractivity contribution in [1.82, 2.24) is 9.62 Å². The molecule has 0 fully saturated rings. The zero-order valence-corrected chi connectivity index (χ0v) is 19.6. The normalized spacial score (nSPS) is 12.6. The van der Waals surface area contributed by atoms with E-state index in [2.05, 4.69) is 21.2 Å². The first-order valence-corrected chi connectivity index (χ1v) is 11.8. The molecule has 0 saturated heterocycles. The fourth-order valence-corrected chi connectivity index (χ4v) is 4.88. The molecule has 0 aliphatic carbocycles. The summed E-state index contributed by atoms with van der Waals surface area (Å²) >= 11 is 9.38. The zero-order valence-electron chi connectivity index (χ0n) is 16.5. The minimum atomic E-state index is -3.78. The molecule has 29 heavy (non-hydrogen) atoms. The lowest BCUT2D eigenvalue weighted by Crippen LogP contribution is -2.33. The number of rotatable bonds is 9. The van der Waals surface area contributed by atoms with E-state index in [0.29, 0.717) is 13.1 Å². The van der Waals surface area contributed by atoms with Crippen molar-refractivity contribution in [2.75, 3.05) is 19.7 Å². The molecule has 6 nitrogen and oxygen atoms in total. The van der Waals surface area contributed by atoms with Gasteiger partial charge in [0, 0.05) is 22.6 Å². The van der Waals surface area contributed by atoms with Gasteiger partial charge in [0.15, 0.2) is 6.61 Å². The Morgan fingerprint density at radius 2 is 1.79 bits per heavy atom. The van der Waals surface area contributed by atoms with Gasteiger partial charge in [0.05, 0.1) is 6.04 Å². The van der Waals surface area contributed by atoms with Crippen molar-refractivity contribution < 1.29 is 17.9 Å². The molecule has 2 aromatic carbocycles. The van der Waals surface area contributed by atoms with Gasteiger partial charge in [-0.15, -0.1) is 0 Å². The van der Waals surface area contributed by atoms with Gasteiger partial charge in [0.1, 0.15) is 10.6 Å². The average Bonchev–Trinajstić information content (AvgIpc) is 2.68. The lowest BCUT2D eigenvalue weighted by atomic mass is 10.1. The highest BCUT2D eigenvalue weighted by molar-refractivity contribution is 9.10. The van der Waals surface area contributed by atoms with Crippen molar-refractivity contribution in [2.45, 2.75) is 31.7 Å². The van der Waals surface area contributed by atoms with E-state index in [1.807, 2.05) is 31.2 Å². The molecule has 0 saturated carbocycles. The molecule has 0 aliphatic rings. The first kappa shape index (κ1) is 23.7. The number of sulfonamides is 1. The number of ether oxygens (including phenoxy) is 1. The summed E-state index contributed by atoms with van der Waals surface area (Å²) in [6, 6.07) is 11.7. The fourth-order valence-electron chi connectivity index (χ4n) is 2.77. The van der Waals surface area contributed by atoms with Crippen molar-refractivity contribution in [3.05, 3.63) is 57.5 Å². The van der Waals surface area contributed by atoms with Gasteiger partial charge in [0.25, 0.3) is 5.91 Å². The molecule has 0 radical (unpaired) electrons. The van der Waals surface area contributed by atoms with E-state index in [4.69, 9.17) is 16.3 Å². The van der Waals surface area contributed by atoms with Crippen molar-refractivity contribution in [3.63, 3.8) is 0 Å². The monoisotopic (exact) mass is 502 g/mol. The van der Waals surface area contributed by atoms with Crippen molar-refractivity contribution >= 4 is 43.5 Å². The Balaban J connectivity index is 2.12. The Bertz CT molecular complexity index is 947. The van der Waals surface area contributed by atoms with E-state index in [1.165, 1.54) is 22.5 Å². The number of amides is 1. The molecule has 0 unspecified atom stereocenters. The molecular weight excluding hydrogens is 480 g/mol. The van der Waals surface area contributed by atoms with E-state index in [0.717, 1.165) is 10.0 Å². The summed E-state index contributed by atoms with van der Waals surface area (Å²) in [5, 5.41) is 3.11. The lowest BCUT2D eigenvalue weighted by molar-refractivity contribution is -0.123. The number of nitrogens with one attached hydrogen (secondary N) is 1. The van der Waals surface area contributed by atoms with Crippen LogP contribution in [0.3, 0.4) is 0 Å². The third kappa shape index (κ3) is 6.18. The highest BCUT2D eigenvalue weighted by atomic mass is 79.9. The van der Waals surface area contributed by atoms with Crippen LogP contribution < -0.4 is 10.1 Å². The molecule has 158 valence electrons. The maximum Gasteiger partial charge on any atom is 0.258 e. The van der Waals surface area contributed by atoms with Crippen LogP contribution in [0.4, 0.5) is 0 Å². The number of nitrogens with zero attached hydrogens (tertiary/aromatic N) is 1. The molecule has 1 amide bonds. The summed E-state index contributed by atoms with van der Waals surface area (Å²) in [6.07, 6.45) is 0. The first-order chi connectivity index (χ1) is 13.7. The van der Waals surface area contributed by atoms with Crippen LogP contribution in [-0.4, -0.2) is 38.3 Å². The zero-order chi connectivity index (χ0) is 21.6. The van der Waals surface area contributed by atoms with E-state index in [-0.39, 0.29) is 34.2 Å². The van der Waals surface area contributed by atoms with Crippen molar-refractivity contribution in [1.29, 1.82) is 0 Å². The van der Waals surface area contributed by atoms with E-state index in [1.54, 1.807) is 13.8 Å². The van der Waals surface area contributed by atoms with Crippen molar-refractivity contribution in [2.24, 2.45) is 0 Å². The highest BCUT2D eigenvalue weighted by Crippen LogP contribution is 2.30. The van der Waals surface area contributed by atoms with Crippen LogP contribution in [0.25, 0.3) is 0 Å². The van der Waals surface area contributed by atoms with Crippen LogP contribution in [0.5, 0.6) is 5.75 Å². The Morgan fingerprint density at radius 1 is 1.17 bits per heavy atom. The van der Waals surface area contributed by atoms with Crippen LogP contribution in [0.2, 0.25) is 5.02 Å². The Hall–Kier alpha value is -1.61. The standard InChI is InChI=1S/C20H24BrClN2O4S/c1-4-24(5-2)29(26,27)19-12-17(22)10-11-18(19)28-13-20(25)23-14(3)15-6-8-16(21)9-7-15/h6-12,14H,4-5,13H2,1-3H3,(H,23,25)/t14-/m0/s1. The van der Waals surface area contributed by atoms with Crippen LogP contribution in [0, 0.1) is 0 Å². The molecular formula is C20H24BrClN2O4S. The smallest absolute Gasteiger partial charge is 0.258 e. The number of halogens is 2. The summed E-state index contributed by atoms with van der Waals surface area (Å²) < 4.78 is 33.6. The Morgan fingerprint density at radius 3 is 2.38 bits per heavy atom. The van der Waals surface area contributed by atoms with Crippen molar-refractivity contribution in [3.8, 4) is 5.75 Å². The van der Waals surface area contributed by atoms with Gasteiger partial charge in [-0.1, -0.05) is 53.5 Å². The van der Waals surface area contributed by atoms with Crippen LogP contribution in [0.1, 0.15) is 32.4 Å². The lowest BCUT2D eigenvalue weighted by Gasteiger charge is -2.21. The van der Waals surface area contributed by atoms with E-state index >= 15 is 0 Å². The van der Waals surface area contributed by atoms with Gasteiger partial charge < -0.3 is 10.1 Å². The fraction of sp³-hybridized carbons (Fsp3) is 0.350. The third-order valence-electron chi connectivity index (χ3n) is 4.34. The quantitative estimate of drug-likeness (QED) is 0.551. The first-order valence-electron chi connectivity index (χ1n) is 9.16. The van der Waals surface area contributed by atoms with Gasteiger partial charge in [-0.2, -0.15) is 4.31 Å². The maximum atomic E-state index is 12.9. The number of carbonyl (C=O) groups is 1. The summed E-state index contributed by atoms with van der Waals surface area (Å²) in [6.45, 7) is 5.68. The molecule has 1 N–H and O–H groups in total. The highest BCUT2D eigenvalue weighted by Gasteiger charge is 2.26. The Kier molecular flexibility index (Phi) is 8.51. The molecule has 0 aromatic heterocycles. The number of hydrogen-bond donors (Lipinski definition) is 1. The van der Waals surface area contributed by atoms with Crippen LogP contribution in [-0.2, 0) is 14.8 Å². The van der Waals surface area contributed by atoms with Gasteiger partial charge in [-0.3, -0.25) is 4.79 Å². The largest absolute Gasteiger partial charge is 0.482 e. The second-order valence-electron chi connectivity index (χ2n) is 6.31. The van der Waals surface area contributed by atoms with Gasteiger partial charge in [0.2, 0.25) is 10.0 Å². The molecule has 2 rings (SSSR count). The predicted molar refractivity (Wildman–Crippen MR) is 118 cm³/mol. The summed E-state index contributed by atoms with van der Waals surface area (Å²) in [4.78, 5) is 12.3. The topological polar surface area (TPSA) is 75.7 Å². The molecule has 0 heterocycles. The van der Waals surface area contributed by atoms with Crippen LogP contribution >= 0.6 is 27.5 Å². The van der Waals surface area contributed by atoms with Gasteiger partial charge >= 0.3 is 0 Å². The second kappa shape index (κ2) is 10.4. The molecule has 2 aromatic rings. The van der Waals surface area contributed by atoms with E-state index < -0.39 is 10.0 Å². The maximum absolute atomic E-state index is 12.9. The molecule has 9 heteroatoms. The predicted octanol–water partition coefficient (Wildman–Crippen LogP) is 4.39. The second-order valence-corrected chi connectivity index (χ2v) is 9.57.